The fourth-order valence-corrected chi connectivity index (χ4v) is 5.42. The summed E-state index contributed by atoms with van der Waals surface area (Å²) in [6, 6.07) is 13.7. The zero-order valence-electron chi connectivity index (χ0n) is 16.5. The first kappa shape index (κ1) is 17.7. The van der Waals surface area contributed by atoms with Crippen LogP contribution < -0.4 is 0 Å². The first-order valence-corrected chi connectivity index (χ1v) is 10.5. The Kier molecular flexibility index (Phi) is 3.92. The van der Waals surface area contributed by atoms with E-state index in [9.17, 15) is 9.90 Å². The smallest absolute Gasteiger partial charge is 0.256 e. The third-order valence-corrected chi connectivity index (χ3v) is 6.91. The second-order valence-corrected chi connectivity index (χ2v) is 8.58. The zero-order valence-corrected chi connectivity index (χ0v) is 16.5. The summed E-state index contributed by atoms with van der Waals surface area (Å²) in [7, 11) is 0. The summed E-state index contributed by atoms with van der Waals surface area (Å²) in [5.74, 6) is 0.733. The lowest BCUT2D eigenvalue weighted by molar-refractivity contribution is 0.0374. The number of carbonyl (C=O) groups is 1. The van der Waals surface area contributed by atoms with Crippen molar-refractivity contribution in [2.45, 2.75) is 25.0 Å². The molecule has 0 spiro atoms. The Morgan fingerprint density at radius 2 is 1.87 bits per heavy atom. The lowest BCUT2D eigenvalue weighted by Gasteiger charge is -2.36. The average Bonchev–Trinajstić information content (AvgIpc) is 3.49. The molecule has 3 heterocycles. The van der Waals surface area contributed by atoms with E-state index >= 15 is 0 Å². The Morgan fingerprint density at radius 1 is 1.03 bits per heavy atom. The molecule has 2 N–H and O–H groups in total. The number of fused-ring (bicyclic) bond motifs is 3. The first-order valence-electron chi connectivity index (χ1n) is 10.5. The van der Waals surface area contributed by atoms with E-state index in [1.54, 1.807) is 6.33 Å². The van der Waals surface area contributed by atoms with Gasteiger partial charge in [-0.2, -0.15) is 0 Å². The SMILES string of the molecule is O=C(c1cccc2[nH]cnc12)N1C[C@H]2C[C@@H](n3cnc4ccccc43)[C@H](O)C[C@H]2C1. The average molecular weight is 401 g/mol. The van der Waals surface area contributed by atoms with Gasteiger partial charge in [-0.1, -0.05) is 18.2 Å². The van der Waals surface area contributed by atoms with Gasteiger partial charge in [0, 0.05) is 13.1 Å². The second kappa shape index (κ2) is 6.67. The number of carbonyl (C=O) groups excluding carboxylic acids is 1. The molecule has 7 nitrogen and oxygen atoms in total. The number of aromatic nitrogens is 4. The van der Waals surface area contributed by atoms with Crippen molar-refractivity contribution in [1.82, 2.24) is 24.4 Å². The maximum atomic E-state index is 13.3. The van der Waals surface area contributed by atoms with Crippen LogP contribution in [0.25, 0.3) is 22.1 Å². The number of para-hydroxylation sites is 3. The number of likely N-dealkylation sites (tertiary alicyclic amines) is 1. The van der Waals surface area contributed by atoms with Gasteiger partial charge in [0.05, 0.1) is 46.9 Å². The standard InChI is InChI=1S/C23H23N5O2/c29-21-9-15-11-27(23(30)16-4-3-6-18-22(16)25-12-24-18)10-14(15)8-20(21)28-13-26-17-5-1-2-7-19(17)28/h1-7,12-15,20-21,29H,8-11H2,(H,24,25)/t14-,15+,20-,21-/m1/s1. The van der Waals surface area contributed by atoms with E-state index in [-0.39, 0.29) is 11.9 Å². The third-order valence-electron chi connectivity index (χ3n) is 6.91. The van der Waals surface area contributed by atoms with Crippen LogP contribution in [0, 0.1) is 11.8 Å². The van der Waals surface area contributed by atoms with Crippen LogP contribution in [0.5, 0.6) is 0 Å². The quantitative estimate of drug-likeness (QED) is 0.541. The molecule has 4 atom stereocenters. The molecule has 152 valence electrons. The summed E-state index contributed by atoms with van der Waals surface area (Å²) in [6.45, 7) is 1.42. The van der Waals surface area contributed by atoms with E-state index in [4.69, 9.17) is 0 Å². The predicted octanol–water partition coefficient (Wildman–Crippen LogP) is 3.00. The molecule has 1 amide bonds. The van der Waals surface area contributed by atoms with Crippen molar-refractivity contribution in [3.8, 4) is 0 Å². The largest absolute Gasteiger partial charge is 0.391 e. The second-order valence-electron chi connectivity index (χ2n) is 8.58. The Labute approximate surface area is 173 Å². The van der Waals surface area contributed by atoms with Crippen LogP contribution >= 0.6 is 0 Å². The minimum Gasteiger partial charge on any atom is -0.391 e. The summed E-state index contributed by atoms with van der Waals surface area (Å²) >= 11 is 0. The van der Waals surface area contributed by atoms with Crippen molar-refractivity contribution in [3.05, 3.63) is 60.7 Å². The van der Waals surface area contributed by atoms with E-state index in [0.29, 0.717) is 30.4 Å². The predicted molar refractivity (Wildman–Crippen MR) is 113 cm³/mol. The number of amides is 1. The Hall–Kier alpha value is -3.19. The summed E-state index contributed by atoms with van der Waals surface area (Å²) in [4.78, 5) is 27.1. The fourth-order valence-electron chi connectivity index (χ4n) is 5.42. The molecule has 2 aromatic carbocycles. The van der Waals surface area contributed by atoms with Gasteiger partial charge in [0.25, 0.3) is 5.91 Å². The molecule has 1 aliphatic carbocycles. The third kappa shape index (κ3) is 2.65. The van der Waals surface area contributed by atoms with Crippen LogP contribution in [0.2, 0.25) is 0 Å². The zero-order chi connectivity index (χ0) is 20.2. The molecule has 1 saturated heterocycles. The van der Waals surface area contributed by atoms with Gasteiger partial charge in [0.1, 0.15) is 5.52 Å². The number of nitrogens with one attached hydrogen (secondary N) is 1. The number of benzene rings is 2. The molecule has 0 radical (unpaired) electrons. The number of nitrogens with zero attached hydrogens (tertiary/aromatic N) is 4. The molecule has 2 aromatic heterocycles. The number of aliphatic hydroxyl groups is 1. The highest BCUT2D eigenvalue weighted by atomic mass is 16.3. The molecule has 2 fully saturated rings. The van der Waals surface area contributed by atoms with Gasteiger partial charge in [-0.05, 0) is 48.9 Å². The minimum atomic E-state index is -0.436. The summed E-state index contributed by atoms with van der Waals surface area (Å²) in [5.41, 5.74) is 4.24. The van der Waals surface area contributed by atoms with Crippen molar-refractivity contribution in [2.24, 2.45) is 11.8 Å². The molecule has 6 rings (SSSR count). The molecule has 2 aliphatic rings. The Bertz CT molecular complexity index is 1240. The molecule has 0 unspecified atom stereocenters. The molecular weight excluding hydrogens is 378 g/mol. The number of imidazole rings is 2. The van der Waals surface area contributed by atoms with Gasteiger partial charge < -0.3 is 19.6 Å². The number of rotatable bonds is 2. The van der Waals surface area contributed by atoms with Crippen LogP contribution in [-0.2, 0) is 0 Å². The summed E-state index contributed by atoms with van der Waals surface area (Å²) < 4.78 is 2.12. The lowest BCUT2D eigenvalue weighted by Crippen LogP contribution is -2.36. The van der Waals surface area contributed by atoms with Gasteiger partial charge in [0.15, 0.2) is 0 Å². The van der Waals surface area contributed by atoms with E-state index in [0.717, 1.165) is 35.0 Å². The van der Waals surface area contributed by atoms with Crippen molar-refractivity contribution in [2.75, 3.05) is 13.1 Å². The molecule has 1 saturated carbocycles. The van der Waals surface area contributed by atoms with Crippen LogP contribution in [0.15, 0.2) is 55.1 Å². The number of hydrogen-bond acceptors (Lipinski definition) is 4. The molecular formula is C23H23N5O2. The number of hydrogen-bond donors (Lipinski definition) is 2. The van der Waals surface area contributed by atoms with Gasteiger partial charge in [0.2, 0.25) is 0 Å². The highest BCUT2D eigenvalue weighted by Gasteiger charge is 2.44. The molecule has 1 aliphatic heterocycles. The van der Waals surface area contributed by atoms with Crippen LogP contribution in [0.1, 0.15) is 29.2 Å². The van der Waals surface area contributed by atoms with Crippen LogP contribution in [0.3, 0.4) is 0 Å². The Balaban J connectivity index is 1.26. The van der Waals surface area contributed by atoms with Gasteiger partial charge in [-0.15, -0.1) is 0 Å². The molecule has 7 heteroatoms. The number of aromatic amines is 1. The highest BCUT2D eigenvalue weighted by Crippen LogP contribution is 2.42. The van der Waals surface area contributed by atoms with E-state index < -0.39 is 6.10 Å². The van der Waals surface area contributed by atoms with E-state index in [2.05, 4.69) is 25.6 Å². The minimum absolute atomic E-state index is 0.0107. The van der Waals surface area contributed by atoms with Crippen molar-refractivity contribution in [1.29, 1.82) is 0 Å². The topological polar surface area (TPSA) is 87.0 Å². The summed E-state index contributed by atoms with van der Waals surface area (Å²) in [6.07, 6.45) is 4.59. The monoisotopic (exact) mass is 401 g/mol. The van der Waals surface area contributed by atoms with E-state index in [1.807, 2.05) is 47.6 Å². The molecule has 0 bridgehead atoms. The molecule has 4 aromatic rings. The number of H-pyrrole nitrogens is 1. The Morgan fingerprint density at radius 3 is 2.77 bits per heavy atom. The van der Waals surface area contributed by atoms with E-state index in [1.165, 1.54) is 0 Å². The fraction of sp³-hybridized carbons (Fsp3) is 0.348. The van der Waals surface area contributed by atoms with Crippen molar-refractivity contribution >= 4 is 28.0 Å². The van der Waals surface area contributed by atoms with Crippen LogP contribution in [0.4, 0.5) is 0 Å². The molecule has 30 heavy (non-hydrogen) atoms. The maximum absolute atomic E-state index is 13.3. The maximum Gasteiger partial charge on any atom is 0.256 e. The highest BCUT2D eigenvalue weighted by molar-refractivity contribution is 6.04. The number of aliphatic hydroxyl groups excluding tert-OH is 1. The van der Waals surface area contributed by atoms with Crippen molar-refractivity contribution in [3.63, 3.8) is 0 Å². The van der Waals surface area contributed by atoms with Crippen molar-refractivity contribution < 1.29 is 9.90 Å². The van der Waals surface area contributed by atoms with Gasteiger partial charge >= 0.3 is 0 Å². The summed E-state index contributed by atoms with van der Waals surface area (Å²) in [5, 5.41) is 10.9. The lowest BCUT2D eigenvalue weighted by atomic mass is 9.77. The first-order chi connectivity index (χ1) is 14.7. The van der Waals surface area contributed by atoms with Gasteiger partial charge in [-0.3, -0.25) is 4.79 Å². The normalized spacial score (nSPS) is 26.4. The van der Waals surface area contributed by atoms with Gasteiger partial charge in [-0.25, -0.2) is 9.97 Å². The van der Waals surface area contributed by atoms with Crippen LogP contribution in [-0.4, -0.2) is 54.6 Å².